The van der Waals surface area contributed by atoms with Crippen LogP contribution < -0.4 is 10.1 Å². The minimum Gasteiger partial charge on any atom is -0.480 e. The third-order valence-corrected chi connectivity index (χ3v) is 3.23. The number of hydrogen-bond donors (Lipinski definition) is 2. The predicted molar refractivity (Wildman–Crippen MR) is 82.1 cm³/mol. The van der Waals surface area contributed by atoms with Gasteiger partial charge in [-0.25, -0.2) is 4.79 Å². The molecule has 2 rings (SSSR count). The van der Waals surface area contributed by atoms with Gasteiger partial charge in [0.1, 0.15) is 11.8 Å². The van der Waals surface area contributed by atoms with E-state index in [4.69, 9.17) is 0 Å². The molecule has 24 heavy (non-hydrogen) atoms. The maximum Gasteiger partial charge on any atom is 0.387 e. The highest BCUT2D eigenvalue weighted by Crippen LogP contribution is 2.20. The van der Waals surface area contributed by atoms with E-state index in [0.29, 0.717) is 0 Å². The molecule has 2 aromatic carbocycles. The third-order valence-electron chi connectivity index (χ3n) is 3.23. The van der Waals surface area contributed by atoms with Gasteiger partial charge in [0.05, 0.1) is 5.56 Å². The van der Waals surface area contributed by atoms with Crippen LogP contribution in [-0.4, -0.2) is 29.6 Å². The highest BCUT2D eigenvalue weighted by molar-refractivity contribution is 5.99. The number of halogens is 2. The zero-order valence-electron chi connectivity index (χ0n) is 12.5. The van der Waals surface area contributed by atoms with E-state index in [-0.39, 0.29) is 17.7 Å². The predicted octanol–water partition coefficient (Wildman–Crippen LogP) is 2.71. The number of aliphatic carboxylic acids is 1. The number of rotatable bonds is 7. The molecule has 1 amide bonds. The van der Waals surface area contributed by atoms with E-state index < -0.39 is 24.5 Å². The molecule has 0 heterocycles. The first kappa shape index (κ1) is 17.4. The molecular weight excluding hydrogens is 320 g/mol. The topological polar surface area (TPSA) is 75.6 Å². The van der Waals surface area contributed by atoms with Crippen molar-refractivity contribution in [2.75, 3.05) is 0 Å². The van der Waals surface area contributed by atoms with Crippen LogP contribution >= 0.6 is 0 Å². The molecule has 1 unspecified atom stereocenters. The lowest BCUT2D eigenvalue weighted by atomic mass is 10.1. The van der Waals surface area contributed by atoms with Crippen LogP contribution in [0.15, 0.2) is 54.6 Å². The van der Waals surface area contributed by atoms with E-state index in [2.05, 4.69) is 10.1 Å². The van der Waals surface area contributed by atoms with Gasteiger partial charge in [-0.3, -0.25) is 4.79 Å². The monoisotopic (exact) mass is 335 g/mol. The van der Waals surface area contributed by atoms with E-state index in [9.17, 15) is 23.5 Å². The first-order valence-electron chi connectivity index (χ1n) is 7.09. The van der Waals surface area contributed by atoms with E-state index >= 15 is 0 Å². The number of nitrogens with one attached hydrogen (secondary N) is 1. The summed E-state index contributed by atoms with van der Waals surface area (Å²) in [6.07, 6.45) is 0.0692. The quantitative estimate of drug-likeness (QED) is 0.816. The molecule has 0 aliphatic carbocycles. The number of carboxylic acid groups (broad SMARTS) is 1. The Morgan fingerprint density at radius 3 is 2.29 bits per heavy atom. The first-order valence-corrected chi connectivity index (χ1v) is 7.09. The molecule has 0 bridgehead atoms. The second-order valence-corrected chi connectivity index (χ2v) is 4.93. The van der Waals surface area contributed by atoms with E-state index in [0.717, 1.165) is 5.56 Å². The molecular formula is C17H15F2NO4. The Labute approximate surface area is 136 Å². The molecule has 7 heteroatoms. The normalized spacial score (nSPS) is 11.8. The summed E-state index contributed by atoms with van der Waals surface area (Å²) < 4.78 is 29.1. The van der Waals surface area contributed by atoms with Gasteiger partial charge >= 0.3 is 12.6 Å². The van der Waals surface area contributed by atoms with Gasteiger partial charge in [-0.15, -0.1) is 0 Å². The summed E-state index contributed by atoms with van der Waals surface area (Å²) in [6.45, 7) is -3.08. The third kappa shape index (κ3) is 4.77. The second-order valence-electron chi connectivity index (χ2n) is 4.93. The van der Waals surface area contributed by atoms with Gasteiger partial charge in [0, 0.05) is 6.42 Å². The molecule has 0 saturated carbocycles. The first-order chi connectivity index (χ1) is 11.5. The van der Waals surface area contributed by atoms with Gasteiger partial charge in [-0.2, -0.15) is 8.78 Å². The van der Waals surface area contributed by atoms with E-state index in [1.807, 2.05) is 0 Å². The largest absolute Gasteiger partial charge is 0.480 e. The van der Waals surface area contributed by atoms with Gasteiger partial charge in [-0.05, 0) is 17.7 Å². The number of amides is 1. The van der Waals surface area contributed by atoms with Gasteiger partial charge in [0.2, 0.25) is 0 Å². The molecule has 1 atom stereocenters. The Bertz CT molecular complexity index is 707. The highest BCUT2D eigenvalue weighted by atomic mass is 19.3. The number of para-hydroxylation sites is 1. The van der Waals surface area contributed by atoms with Crippen LogP contribution in [0.2, 0.25) is 0 Å². The fourth-order valence-electron chi connectivity index (χ4n) is 2.14. The molecule has 0 fully saturated rings. The molecule has 5 nitrogen and oxygen atoms in total. The van der Waals surface area contributed by atoms with Crippen LogP contribution in [-0.2, 0) is 11.2 Å². The number of hydrogen-bond acceptors (Lipinski definition) is 3. The smallest absolute Gasteiger partial charge is 0.387 e. The van der Waals surface area contributed by atoms with Crippen molar-refractivity contribution >= 4 is 11.9 Å². The summed E-state index contributed by atoms with van der Waals surface area (Å²) in [4.78, 5) is 23.6. The highest BCUT2D eigenvalue weighted by Gasteiger charge is 2.23. The summed E-state index contributed by atoms with van der Waals surface area (Å²) in [5.74, 6) is -2.33. The Kier molecular flexibility index (Phi) is 5.83. The van der Waals surface area contributed by atoms with Crippen LogP contribution in [0.4, 0.5) is 8.78 Å². The molecule has 126 valence electrons. The average molecular weight is 335 g/mol. The Balaban J connectivity index is 2.15. The Morgan fingerprint density at radius 1 is 1.04 bits per heavy atom. The van der Waals surface area contributed by atoms with Crippen molar-refractivity contribution < 1.29 is 28.2 Å². The summed E-state index contributed by atoms with van der Waals surface area (Å²) in [6, 6.07) is 13.0. The van der Waals surface area contributed by atoms with Crippen LogP contribution in [0.5, 0.6) is 5.75 Å². The summed E-state index contributed by atoms with van der Waals surface area (Å²) in [5.41, 5.74) is 0.569. The molecule has 0 radical (unpaired) electrons. The van der Waals surface area contributed by atoms with Crippen molar-refractivity contribution in [1.82, 2.24) is 5.32 Å². The number of carbonyl (C=O) groups excluding carboxylic acids is 1. The molecule has 0 saturated heterocycles. The minimum absolute atomic E-state index is 0.0692. The lowest BCUT2D eigenvalue weighted by molar-refractivity contribution is -0.139. The second kappa shape index (κ2) is 8.05. The number of benzene rings is 2. The van der Waals surface area contributed by atoms with E-state index in [1.165, 1.54) is 24.3 Å². The zero-order chi connectivity index (χ0) is 17.5. The number of carbonyl (C=O) groups is 2. The summed E-state index contributed by atoms with van der Waals surface area (Å²) in [5, 5.41) is 11.6. The maximum atomic E-state index is 12.4. The molecule has 0 aliphatic rings. The Morgan fingerprint density at radius 2 is 1.67 bits per heavy atom. The molecule has 0 aliphatic heterocycles. The maximum absolute atomic E-state index is 12.4. The fourth-order valence-corrected chi connectivity index (χ4v) is 2.14. The lowest BCUT2D eigenvalue weighted by Gasteiger charge is -2.16. The standard InChI is InChI=1S/C17H15F2NO4/c18-17(19)24-14-9-5-4-8-12(14)15(21)20-13(16(22)23)10-11-6-2-1-3-7-11/h1-9,13,17H,10H2,(H,20,21)(H,22,23). The zero-order valence-corrected chi connectivity index (χ0v) is 12.5. The van der Waals surface area contributed by atoms with Crippen molar-refractivity contribution in [2.45, 2.75) is 19.1 Å². The summed E-state index contributed by atoms with van der Waals surface area (Å²) >= 11 is 0. The van der Waals surface area contributed by atoms with Gasteiger partial charge < -0.3 is 15.2 Å². The molecule has 2 aromatic rings. The minimum atomic E-state index is -3.08. The average Bonchev–Trinajstić information content (AvgIpc) is 2.55. The molecule has 0 aromatic heterocycles. The van der Waals surface area contributed by atoms with Gasteiger partial charge in [0.15, 0.2) is 0 Å². The van der Waals surface area contributed by atoms with Crippen LogP contribution in [0.25, 0.3) is 0 Å². The van der Waals surface area contributed by atoms with Gasteiger partial charge in [-0.1, -0.05) is 42.5 Å². The van der Waals surface area contributed by atoms with Crippen LogP contribution in [0, 0.1) is 0 Å². The van der Waals surface area contributed by atoms with Crippen molar-refractivity contribution in [3.05, 3.63) is 65.7 Å². The lowest BCUT2D eigenvalue weighted by Crippen LogP contribution is -2.42. The van der Waals surface area contributed by atoms with E-state index in [1.54, 1.807) is 30.3 Å². The SMILES string of the molecule is O=C(NC(Cc1ccccc1)C(=O)O)c1ccccc1OC(F)F. The number of alkyl halides is 2. The Hall–Kier alpha value is -2.96. The van der Waals surface area contributed by atoms with Gasteiger partial charge in [0.25, 0.3) is 5.91 Å². The van der Waals surface area contributed by atoms with Crippen molar-refractivity contribution in [3.63, 3.8) is 0 Å². The van der Waals surface area contributed by atoms with Crippen molar-refractivity contribution in [1.29, 1.82) is 0 Å². The summed E-state index contributed by atoms with van der Waals surface area (Å²) in [7, 11) is 0. The number of carboxylic acids is 1. The van der Waals surface area contributed by atoms with Crippen LogP contribution in [0.3, 0.4) is 0 Å². The van der Waals surface area contributed by atoms with Crippen molar-refractivity contribution in [2.24, 2.45) is 0 Å². The number of ether oxygens (including phenoxy) is 1. The van der Waals surface area contributed by atoms with Crippen LogP contribution in [0.1, 0.15) is 15.9 Å². The molecule has 0 spiro atoms. The molecule has 2 N–H and O–H groups in total. The fraction of sp³-hybridized carbons (Fsp3) is 0.176. The van der Waals surface area contributed by atoms with Crippen molar-refractivity contribution in [3.8, 4) is 5.75 Å².